The van der Waals surface area contributed by atoms with Crippen molar-refractivity contribution in [3.05, 3.63) is 0 Å². The van der Waals surface area contributed by atoms with Crippen molar-refractivity contribution >= 4 is 29.5 Å². The van der Waals surface area contributed by atoms with E-state index in [9.17, 15) is 0 Å². The number of hydrogen-bond donors (Lipinski definition) is 1. The van der Waals surface area contributed by atoms with Gasteiger partial charge in [0.2, 0.25) is 5.95 Å². The minimum atomic E-state index is 0.703. The van der Waals surface area contributed by atoms with Gasteiger partial charge < -0.3 is 10.2 Å². The quantitative estimate of drug-likeness (QED) is 0.459. The molecule has 0 atom stereocenters. The van der Waals surface area contributed by atoms with E-state index in [1.165, 1.54) is 25.7 Å². The Morgan fingerprint density at radius 1 is 1.00 bits per heavy atom. The van der Waals surface area contributed by atoms with Gasteiger partial charge in [0.25, 0.3) is 0 Å². The van der Waals surface area contributed by atoms with E-state index in [4.69, 9.17) is 0 Å². The second kappa shape index (κ2) is 12.0. The van der Waals surface area contributed by atoms with E-state index < -0.39 is 0 Å². The van der Waals surface area contributed by atoms with Gasteiger partial charge in [-0.2, -0.15) is 15.0 Å². The average Bonchev–Trinajstić information content (AvgIpc) is 2.51. The molecule has 0 aliphatic heterocycles. The molecule has 0 aliphatic carbocycles. The van der Waals surface area contributed by atoms with Gasteiger partial charge in [-0.05, 0) is 39.7 Å². The summed E-state index contributed by atoms with van der Waals surface area (Å²) in [7, 11) is 4.17. The molecule has 0 saturated carbocycles. The minimum Gasteiger partial charge on any atom is -0.354 e. The summed E-state index contributed by atoms with van der Waals surface area (Å²) < 4.78 is 0. The Morgan fingerprint density at radius 2 is 1.77 bits per heavy atom. The van der Waals surface area contributed by atoms with Crippen LogP contribution in [0.2, 0.25) is 0 Å². The molecule has 0 fully saturated rings. The van der Waals surface area contributed by atoms with Gasteiger partial charge in [-0.25, -0.2) is 0 Å². The standard InChI is InChI=1S/C15H29N5S2/c1-5-6-7-8-12-22-15-18-13(17-14(19-15)21-4)16-10-9-11-20(2)3/h5-12H2,1-4H3,(H,16,17,18,19). The van der Waals surface area contributed by atoms with Gasteiger partial charge in [0.15, 0.2) is 10.3 Å². The molecule has 5 nitrogen and oxygen atoms in total. The van der Waals surface area contributed by atoms with Crippen LogP contribution in [0.25, 0.3) is 0 Å². The van der Waals surface area contributed by atoms with Crippen LogP contribution in [0.15, 0.2) is 10.3 Å². The first-order valence-electron chi connectivity index (χ1n) is 7.97. The van der Waals surface area contributed by atoms with Crippen LogP contribution in [0.5, 0.6) is 0 Å². The number of nitrogens with zero attached hydrogens (tertiary/aromatic N) is 4. The van der Waals surface area contributed by atoms with Crippen LogP contribution >= 0.6 is 23.5 Å². The van der Waals surface area contributed by atoms with E-state index in [1.54, 1.807) is 23.5 Å². The van der Waals surface area contributed by atoms with E-state index >= 15 is 0 Å². The average molecular weight is 344 g/mol. The molecule has 1 aromatic rings. The molecule has 7 heteroatoms. The molecule has 1 heterocycles. The summed E-state index contributed by atoms with van der Waals surface area (Å²) in [5.74, 6) is 1.78. The van der Waals surface area contributed by atoms with Crippen LogP contribution in [0.3, 0.4) is 0 Å². The lowest BCUT2D eigenvalue weighted by atomic mass is 10.2. The first kappa shape index (κ1) is 19.5. The van der Waals surface area contributed by atoms with Crippen molar-refractivity contribution in [2.24, 2.45) is 0 Å². The van der Waals surface area contributed by atoms with Crippen LogP contribution in [-0.4, -0.2) is 59.0 Å². The number of rotatable bonds is 12. The van der Waals surface area contributed by atoms with Gasteiger partial charge in [0.05, 0.1) is 0 Å². The highest BCUT2D eigenvalue weighted by atomic mass is 32.2. The first-order chi connectivity index (χ1) is 10.7. The summed E-state index contributed by atoms with van der Waals surface area (Å²) in [4.78, 5) is 15.6. The van der Waals surface area contributed by atoms with Crippen molar-refractivity contribution < 1.29 is 0 Å². The fraction of sp³-hybridized carbons (Fsp3) is 0.800. The lowest BCUT2D eigenvalue weighted by Gasteiger charge is -2.10. The summed E-state index contributed by atoms with van der Waals surface area (Å²) in [5.41, 5.74) is 0. The highest BCUT2D eigenvalue weighted by molar-refractivity contribution is 7.99. The van der Waals surface area contributed by atoms with Crippen molar-refractivity contribution in [1.29, 1.82) is 0 Å². The third-order valence-corrected chi connectivity index (χ3v) is 4.55. The van der Waals surface area contributed by atoms with Crippen molar-refractivity contribution in [1.82, 2.24) is 19.9 Å². The smallest absolute Gasteiger partial charge is 0.227 e. The molecule has 0 saturated heterocycles. The minimum absolute atomic E-state index is 0.703. The van der Waals surface area contributed by atoms with Gasteiger partial charge in [-0.3, -0.25) is 0 Å². The number of hydrogen-bond acceptors (Lipinski definition) is 7. The number of anilines is 1. The zero-order valence-corrected chi connectivity index (χ0v) is 15.9. The lowest BCUT2D eigenvalue weighted by Crippen LogP contribution is -2.17. The van der Waals surface area contributed by atoms with Gasteiger partial charge in [-0.1, -0.05) is 49.7 Å². The summed E-state index contributed by atoms with van der Waals surface area (Å²) >= 11 is 3.30. The highest BCUT2D eigenvalue weighted by Crippen LogP contribution is 2.20. The second-order valence-corrected chi connectivity index (χ2v) is 7.26. The molecular formula is C15H29N5S2. The zero-order valence-electron chi connectivity index (χ0n) is 14.3. The number of nitrogens with one attached hydrogen (secondary N) is 1. The number of thioether (sulfide) groups is 2. The van der Waals surface area contributed by atoms with E-state index in [-0.39, 0.29) is 0 Å². The fourth-order valence-electron chi connectivity index (χ4n) is 1.86. The Bertz CT molecular complexity index is 415. The maximum atomic E-state index is 4.52. The van der Waals surface area contributed by atoms with E-state index in [2.05, 4.69) is 46.2 Å². The van der Waals surface area contributed by atoms with E-state index in [0.717, 1.165) is 35.6 Å². The molecule has 0 amide bonds. The highest BCUT2D eigenvalue weighted by Gasteiger charge is 2.06. The monoisotopic (exact) mass is 343 g/mol. The van der Waals surface area contributed by atoms with Crippen molar-refractivity contribution in [2.45, 2.75) is 49.3 Å². The third-order valence-electron chi connectivity index (χ3n) is 3.07. The summed E-state index contributed by atoms with van der Waals surface area (Å²) in [6, 6.07) is 0. The normalized spacial score (nSPS) is 11.1. The van der Waals surface area contributed by atoms with E-state index in [0.29, 0.717) is 5.95 Å². The van der Waals surface area contributed by atoms with Crippen LogP contribution in [0.4, 0.5) is 5.95 Å². The first-order valence-corrected chi connectivity index (χ1v) is 10.2. The van der Waals surface area contributed by atoms with Crippen LogP contribution in [0.1, 0.15) is 39.0 Å². The molecule has 126 valence electrons. The zero-order chi connectivity index (χ0) is 16.2. The Kier molecular flexibility index (Phi) is 10.6. The maximum absolute atomic E-state index is 4.52. The van der Waals surface area contributed by atoms with E-state index in [1.807, 2.05) is 6.26 Å². The lowest BCUT2D eigenvalue weighted by molar-refractivity contribution is 0.405. The molecule has 0 spiro atoms. The number of unbranched alkanes of at least 4 members (excludes halogenated alkanes) is 3. The molecule has 0 aliphatic rings. The predicted octanol–water partition coefficient (Wildman–Crippen LogP) is 3.63. The molecular weight excluding hydrogens is 314 g/mol. The number of aromatic nitrogens is 3. The van der Waals surface area contributed by atoms with Gasteiger partial charge in [0.1, 0.15) is 0 Å². The summed E-state index contributed by atoms with van der Waals surface area (Å²) in [5, 5.41) is 4.94. The third kappa shape index (κ3) is 8.80. The molecule has 22 heavy (non-hydrogen) atoms. The molecule has 1 aromatic heterocycles. The van der Waals surface area contributed by atoms with Gasteiger partial charge >= 0.3 is 0 Å². The predicted molar refractivity (Wildman–Crippen MR) is 98.1 cm³/mol. The van der Waals surface area contributed by atoms with Gasteiger partial charge in [-0.15, -0.1) is 0 Å². The molecule has 0 bridgehead atoms. The molecule has 0 unspecified atom stereocenters. The Morgan fingerprint density at radius 3 is 2.45 bits per heavy atom. The maximum Gasteiger partial charge on any atom is 0.227 e. The largest absolute Gasteiger partial charge is 0.354 e. The Balaban J connectivity index is 2.45. The topological polar surface area (TPSA) is 53.9 Å². The van der Waals surface area contributed by atoms with Crippen molar-refractivity contribution in [3.63, 3.8) is 0 Å². The van der Waals surface area contributed by atoms with Crippen molar-refractivity contribution in [2.75, 3.05) is 44.5 Å². The molecule has 1 rings (SSSR count). The summed E-state index contributed by atoms with van der Waals surface area (Å²) in [6.45, 7) is 4.18. The van der Waals surface area contributed by atoms with Crippen LogP contribution in [-0.2, 0) is 0 Å². The molecule has 1 N–H and O–H groups in total. The summed E-state index contributed by atoms with van der Waals surface area (Å²) in [6.07, 6.45) is 8.18. The molecule has 0 aromatic carbocycles. The second-order valence-electron chi connectivity index (χ2n) is 5.42. The van der Waals surface area contributed by atoms with Crippen LogP contribution < -0.4 is 5.32 Å². The van der Waals surface area contributed by atoms with Crippen LogP contribution in [0, 0.1) is 0 Å². The van der Waals surface area contributed by atoms with Crippen molar-refractivity contribution in [3.8, 4) is 0 Å². The Labute approximate surface area is 143 Å². The Hall–Kier alpha value is -0.530. The fourth-order valence-corrected chi connectivity index (χ4v) is 3.11. The SMILES string of the molecule is CCCCCCSc1nc(NCCCN(C)C)nc(SC)n1. The molecule has 0 radical (unpaired) electrons. The van der Waals surface area contributed by atoms with Gasteiger partial charge in [0, 0.05) is 12.3 Å².